The number of hydrogen-bond acceptors (Lipinski definition) is 5. The Morgan fingerprint density at radius 2 is 2.00 bits per heavy atom. The molecule has 1 aromatic rings. The summed E-state index contributed by atoms with van der Waals surface area (Å²) in [5.41, 5.74) is 0. The van der Waals surface area contributed by atoms with Crippen molar-refractivity contribution in [2.75, 3.05) is 6.54 Å². The molecular weight excluding hydrogens is 250 g/mol. The van der Waals surface area contributed by atoms with Crippen molar-refractivity contribution in [2.24, 2.45) is 5.92 Å². The van der Waals surface area contributed by atoms with Crippen molar-refractivity contribution >= 4 is 17.7 Å². The number of ketones is 2. The maximum atomic E-state index is 12.1. The highest BCUT2D eigenvalue weighted by molar-refractivity contribution is 6.09. The molecule has 19 heavy (non-hydrogen) atoms. The molecule has 0 radical (unpaired) electrons. The zero-order valence-electron chi connectivity index (χ0n) is 10.3. The van der Waals surface area contributed by atoms with Gasteiger partial charge in [-0.1, -0.05) is 0 Å². The predicted octanol–water partition coefficient (Wildman–Crippen LogP) is 0.617. The largest absolute Gasteiger partial charge is 0.465 e. The summed E-state index contributed by atoms with van der Waals surface area (Å²) in [6.45, 7) is 1.51. The summed E-state index contributed by atoms with van der Waals surface area (Å²) < 4.78 is 0. The smallest absolute Gasteiger partial charge is 0.407 e. The van der Waals surface area contributed by atoms with Crippen molar-refractivity contribution in [3.8, 4) is 0 Å². The molecule has 7 heteroatoms. The summed E-state index contributed by atoms with van der Waals surface area (Å²) in [5, 5.41) is 9.04. The van der Waals surface area contributed by atoms with Gasteiger partial charge in [0.1, 0.15) is 11.7 Å². The Morgan fingerprint density at radius 3 is 2.58 bits per heavy atom. The Labute approximate surface area is 109 Å². The van der Waals surface area contributed by atoms with E-state index in [1.165, 1.54) is 12.4 Å². The first-order chi connectivity index (χ1) is 9.00. The van der Waals surface area contributed by atoms with Gasteiger partial charge in [-0.2, -0.15) is 0 Å². The summed E-state index contributed by atoms with van der Waals surface area (Å²) in [6.07, 6.45) is 1.72. The second-order valence-corrected chi connectivity index (χ2v) is 4.44. The highest BCUT2D eigenvalue weighted by Crippen LogP contribution is 2.21. The minimum Gasteiger partial charge on any atom is -0.465 e. The van der Waals surface area contributed by atoms with Gasteiger partial charge in [0, 0.05) is 31.4 Å². The van der Waals surface area contributed by atoms with E-state index in [0.717, 1.165) is 4.90 Å². The van der Waals surface area contributed by atoms with Crippen molar-refractivity contribution in [1.29, 1.82) is 0 Å². The number of piperidine rings is 1. The molecule has 2 heterocycles. The van der Waals surface area contributed by atoms with Gasteiger partial charge in [0.05, 0.1) is 0 Å². The number of amides is 1. The van der Waals surface area contributed by atoms with Crippen molar-refractivity contribution in [3.05, 3.63) is 24.3 Å². The summed E-state index contributed by atoms with van der Waals surface area (Å²) in [4.78, 5) is 43.8. The fourth-order valence-electron chi connectivity index (χ4n) is 2.10. The molecule has 7 nitrogen and oxygen atoms in total. The van der Waals surface area contributed by atoms with Crippen LogP contribution in [0.2, 0.25) is 0 Å². The number of nitrogens with zero attached hydrogens (tertiary/aromatic N) is 3. The molecule has 1 saturated heterocycles. The zero-order valence-corrected chi connectivity index (χ0v) is 10.3. The second kappa shape index (κ2) is 5.13. The monoisotopic (exact) mass is 263 g/mol. The van der Waals surface area contributed by atoms with Gasteiger partial charge in [-0.15, -0.1) is 0 Å². The van der Waals surface area contributed by atoms with E-state index in [0.29, 0.717) is 0 Å². The molecule has 2 atom stereocenters. The second-order valence-electron chi connectivity index (χ2n) is 4.44. The SMILES string of the molecule is C[C@H]1CC(=O)C(C(=O)c2ncccn2)CN1C(=O)O. The third-order valence-corrected chi connectivity index (χ3v) is 3.14. The quantitative estimate of drug-likeness (QED) is 0.620. The molecule has 100 valence electrons. The molecular formula is C12H13N3O4. The van der Waals surface area contributed by atoms with Crippen LogP contribution in [0.1, 0.15) is 24.0 Å². The van der Waals surface area contributed by atoms with Crippen LogP contribution in [0.3, 0.4) is 0 Å². The Morgan fingerprint density at radius 1 is 1.37 bits per heavy atom. The molecule has 0 aromatic carbocycles. The zero-order chi connectivity index (χ0) is 14.0. The van der Waals surface area contributed by atoms with Crippen LogP contribution >= 0.6 is 0 Å². The molecule has 0 aliphatic carbocycles. The van der Waals surface area contributed by atoms with Crippen LogP contribution in [0.15, 0.2) is 18.5 Å². The van der Waals surface area contributed by atoms with Crippen LogP contribution < -0.4 is 0 Å². The molecule has 0 spiro atoms. The van der Waals surface area contributed by atoms with Crippen LogP contribution in [0.4, 0.5) is 4.79 Å². The molecule has 1 aliphatic rings. The summed E-state index contributed by atoms with van der Waals surface area (Å²) in [6, 6.07) is 1.15. The number of likely N-dealkylation sites (tertiary alicyclic amines) is 1. The average Bonchev–Trinajstić information content (AvgIpc) is 2.38. The number of carbonyl (C=O) groups excluding carboxylic acids is 2. The van der Waals surface area contributed by atoms with Gasteiger partial charge in [0.25, 0.3) is 0 Å². The van der Waals surface area contributed by atoms with E-state index in [1.54, 1.807) is 13.0 Å². The number of Topliss-reactive ketones (excluding diaryl/α,β-unsaturated/α-hetero) is 2. The van der Waals surface area contributed by atoms with Crippen molar-refractivity contribution in [2.45, 2.75) is 19.4 Å². The average molecular weight is 263 g/mol. The van der Waals surface area contributed by atoms with Crippen LogP contribution in [0.25, 0.3) is 0 Å². The first kappa shape index (κ1) is 13.1. The fraction of sp³-hybridized carbons (Fsp3) is 0.417. The lowest BCUT2D eigenvalue weighted by Gasteiger charge is -2.34. The van der Waals surface area contributed by atoms with Gasteiger partial charge in [0.2, 0.25) is 5.78 Å². The van der Waals surface area contributed by atoms with E-state index in [9.17, 15) is 14.4 Å². The van der Waals surface area contributed by atoms with E-state index in [2.05, 4.69) is 9.97 Å². The van der Waals surface area contributed by atoms with E-state index in [4.69, 9.17) is 5.11 Å². The van der Waals surface area contributed by atoms with Gasteiger partial charge in [-0.25, -0.2) is 14.8 Å². The highest BCUT2D eigenvalue weighted by Gasteiger charge is 2.39. The van der Waals surface area contributed by atoms with Crippen molar-refractivity contribution in [3.63, 3.8) is 0 Å². The maximum Gasteiger partial charge on any atom is 0.407 e. The lowest BCUT2D eigenvalue weighted by molar-refractivity contribution is -0.125. The standard InChI is InChI=1S/C12H13N3O4/c1-7-5-9(16)8(6-15(7)12(18)19)10(17)11-13-3-2-4-14-11/h2-4,7-8H,5-6H2,1H3,(H,18,19)/t7-,8?/m0/s1. The topological polar surface area (TPSA) is 100 Å². The van der Waals surface area contributed by atoms with Crippen LogP contribution in [-0.4, -0.2) is 50.2 Å². The Bertz CT molecular complexity index is 517. The van der Waals surface area contributed by atoms with Gasteiger partial charge in [-0.05, 0) is 13.0 Å². The summed E-state index contributed by atoms with van der Waals surface area (Å²) >= 11 is 0. The van der Waals surface area contributed by atoms with Gasteiger partial charge < -0.3 is 10.0 Å². The van der Waals surface area contributed by atoms with E-state index in [1.807, 2.05) is 0 Å². The molecule has 2 rings (SSSR count). The van der Waals surface area contributed by atoms with E-state index < -0.39 is 23.8 Å². The highest BCUT2D eigenvalue weighted by atomic mass is 16.4. The summed E-state index contributed by atoms with van der Waals surface area (Å²) in [5.74, 6) is -1.85. The maximum absolute atomic E-state index is 12.1. The van der Waals surface area contributed by atoms with Gasteiger partial charge in [-0.3, -0.25) is 9.59 Å². The molecule has 1 aliphatic heterocycles. The Kier molecular flexibility index (Phi) is 3.55. The number of carboxylic acid groups (broad SMARTS) is 1. The number of rotatable bonds is 2. The van der Waals surface area contributed by atoms with Crippen molar-refractivity contribution < 1.29 is 19.5 Å². The molecule has 1 amide bonds. The number of aromatic nitrogens is 2. The van der Waals surface area contributed by atoms with E-state index in [-0.39, 0.29) is 24.6 Å². The Hall–Kier alpha value is -2.31. The lowest BCUT2D eigenvalue weighted by atomic mass is 9.88. The normalized spacial score (nSPS) is 23.2. The fourth-order valence-corrected chi connectivity index (χ4v) is 2.10. The first-order valence-electron chi connectivity index (χ1n) is 5.84. The van der Waals surface area contributed by atoms with Crippen LogP contribution in [-0.2, 0) is 4.79 Å². The summed E-state index contributed by atoms with van der Waals surface area (Å²) in [7, 11) is 0. The molecule has 1 unspecified atom stereocenters. The lowest BCUT2D eigenvalue weighted by Crippen LogP contribution is -2.51. The third kappa shape index (κ3) is 2.59. The minimum absolute atomic E-state index is 0.0372. The van der Waals surface area contributed by atoms with Gasteiger partial charge in [0.15, 0.2) is 5.82 Å². The third-order valence-electron chi connectivity index (χ3n) is 3.14. The molecule has 0 bridgehead atoms. The molecule has 1 fully saturated rings. The number of hydrogen-bond donors (Lipinski definition) is 1. The first-order valence-corrected chi connectivity index (χ1v) is 5.84. The minimum atomic E-state index is -1.13. The van der Waals surface area contributed by atoms with Gasteiger partial charge >= 0.3 is 6.09 Å². The Balaban J connectivity index is 2.22. The number of carbonyl (C=O) groups is 3. The molecule has 1 aromatic heterocycles. The van der Waals surface area contributed by atoms with E-state index >= 15 is 0 Å². The van der Waals surface area contributed by atoms with Crippen LogP contribution in [0.5, 0.6) is 0 Å². The predicted molar refractivity (Wildman–Crippen MR) is 63.7 cm³/mol. The molecule has 1 N–H and O–H groups in total. The molecule has 0 saturated carbocycles. The van der Waals surface area contributed by atoms with Crippen LogP contribution in [0, 0.1) is 5.92 Å². The van der Waals surface area contributed by atoms with Crippen molar-refractivity contribution in [1.82, 2.24) is 14.9 Å².